The van der Waals surface area contributed by atoms with Crippen molar-refractivity contribution < 1.29 is 14.6 Å². The van der Waals surface area contributed by atoms with E-state index in [-0.39, 0.29) is 24.5 Å². The molecule has 0 radical (unpaired) electrons. The van der Waals surface area contributed by atoms with Gasteiger partial charge in [0, 0.05) is 18.6 Å². The molecule has 0 bridgehead atoms. The molecule has 2 rings (SSSR count). The predicted octanol–water partition coefficient (Wildman–Crippen LogP) is 1.17. The first-order chi connectivity index (χ1) is 9.17. The summed E-state index contributed by atoms with van der Waals surface area (Å²) >= 11 is 0. The van der Waals surface area contributed by atoms with Crippen molar-refractivity contribution in [3.8, 4) is 5.75 Å². The van der Waals surface area contributed by atoms with Crippen molar-refractivity contribution in [1.29, 1.82) is 0 Å². The van der Waals surface area contributed by atoms with Crippen molar-refractivity contribution in [3.05, 3.63) is 23.8 Å². The number of aliphatic hydroxyl groups is 1. The number of aliphatic hydroxyl groups excluding tert-OH is 1. The van der Waals surface area contributed by atoms with Crippen molar-refractivity contribution in [1.82, 2.24) is 5.32 Å². The number of benzene rings is 1. The maximum Gasteiger partial charge on any atom is 0.255 e. The fourth-order valence-corrected chi connectivity index (χ4v) is 2.65. The van der Waals surface area contributed by atoms with Gasteiger partial charge in [-0.3, -0.25) is 4.79 Å². The number of hydrogen-bond acceptors (Lipinski definition) is 4. The quantitative estimate of drug-likeness (QED) is 0.713. The second kappa shape index (κ2) is 5.93. The molecule has 2 atom stereocenters. The molecular formula is C14H20N2O3. The Bertz CT molecular complexity index is 462. The molecule has 1 fully saturated rings. The monoisotopic (exact) mass is 264 g/mol. The molecule has 5 heteroatoms. The average Bonchev–Trinajstić information content (AvgIpc) is 2.85. The topological polar surface area (TPSA) is 84.6 Å². The van der Waals surface area contributed by atoms with E-state index < -0.39 is 0 Å². The minimum absolute atomic E-state index is 0.0311. The highest BCUT2D eigenvalue weighted by Gasteiger charge is 2.28. The molecule has 1 saturated carbocycles. The van der Waals surface area contributed by atoms with Gasteiger partial charge in [0.25, 0.3) is 5.91 Å². The number of carbonyl (C=O) groups excluding carboxylic acids is 1. The molecule has 0 aliphatic heterocycles. The Kier molecular flexibility index (Phi) is 4.27. The molecule has 19 heavy (non-hydrogen) atoms. The fraction of sp³-hybridized carbons (Fsp3) is 0.500. The summed E-state index contributed by atoms with van der Waals surface area (Å²) in [6, 6.07) is 5.14. The Morgan fingerprint density at radius 1 is 1.53 bits per heavy atom. The summed E-state index contributed by atoms with van der Waals surface area (Å²) in [7, 11) is 1.49. The Hall–Kier alpha value is -1.75. The molecule has 0 spiro atoms. The van der Waals surface area contributed by atoms with Gasteiger partial charge in [-0.15, -0.1) is 0 Å². The number of amides is 1. The van der Waals surface area contributed by atoms with Gasteiger partial charge in [0.05, 0.1) is 18.4 Å². The largest absolute Gasteiger partial charge is 0.494 e. The summed E-state index contributed by atoms with van der Waals surface area (Å²) in [5, 5.41) is 12.2. The number of nitrogens with one attached hydrogen (secondary N) is 1. The van der Waals surface area contributed by atoms with E-state index in [0.717, 1.165) is 19.3 Å². The van der Waals surface area contributed by atoms with E-state index in [1.807, 2.05) is 0 Å². The maximum atomic E-state index is 12.3. The summed E-state index contributed by atoms with van der Waals surface area (Å²) in [5.74, 6) is 0.351. The minimum Gasteiger partial charge on any atom is -0.494 e. The van der Waals surface area contributed by atoms with E-state index in [4.69, 9.17) is 10.5 Å². The number of ether oxygens (including phenoxy) is 1. The number of hydrogen-bond donors (Lipinski definition) is 3. The number of para-hydroxylation sites is 1. The number of methoxy groups -OCH3 is 1. The minimum atomic E-state index is -0.200. The van der Waals surface area contributed by atoms with Crippen LogP contribution in [0.25, 0.3) is 0 Å². The van der Waals surface area contributed by atoms with Gasteiger partial charge in [-0.05, 0) is 25.0 Å². The standard InChI is InChI=1S/C14H20N2O3/c1-19-13-10(5-3-6-11(13)15)14(18)16-12-7-2-4-9(12)8-17/h3,5-6,9,12,17H,2,4,7-8,15H2,1H3,(H,16,18). The third-order valence-corrected chi connectivity index (χ3v) is 3.70. The Labute approximate surface area is 112 Å². The normalized spacial score (nSPS) is 22.2. The Balaban J connectivity index is 2.14. The first kappa shape index (κ1) is 13.7. The van der Waals surface area contributed by atoms with Crippen LogP contribution < -0.4 is 15.8 Å². The SMILES string of the molecule is COc1c(N)cccc1C(=O)NC1CCCC1CO. The van der Waals surface area contributed by atoms with E-state index in [0.29, 0.717) is 17.0 Å². The van der Waals surface area contributed by atoms with Gasteiger partial charge in [-0.25, -0.2) is 0 Å². The van der Waals surface area contributed by atoms with E-state index in [1.165, 1.54) is 7.11 Å². The van der Waals surface area contributed by atoms with Crippen LogP contribution in [0.5, 0.6) is 5.75 Å². The lowest BCUT2D eigenvalue weighted by Crippen LogP contribution is -2.38. The molecule has 1 amide bonds. The molecule has 1 aliphatic rings. The van der Waals surface area contributed by atoms with Crippen molar-refractivity contribution in [2.24, 2.45) is 5.92 Å². The zero-order chi connectivity index (χ0) is 13.8. The molecule has 4 N–H and O–H groups in total. The molecule has 104 valence electrons. The molecule has 1 aromatic rings. The number of carbonyl (C=O) groups is 1. The second-order valence-electron chi connectivity index (χ2n) is 4.88. The van der Waals surface area contributed by atoms with Crippen molar-refractivity contribution >= 4 is 11.6 Å². The van der Waals surface area contributed by atoms with Gasteiger partial charge in [0.1, 0.15) is 0 Å². The molecule has 2 unspecified atom stereocenters. The lowest BCUT2D eigenvalue weighted by Gasteiger charge is -2.20. The van der Waals surface area contributed by atoms with E-state index in [9.17, 15) is 9.90 Å². The van der Waals surface area contributed by atoms with Crippen LogP contribution in [0.15, 0.2) is 18.2 Å². The maximum absolute atomic E-state index is 12.3. The fourth-order valence-electron chi connectivity index (χ4n) is 2.65. The summed E-state index contributed by atoms with van der Waals surface area (Å²) in [5.41, 5.74) is 6.67. The molecule has 0 aromatic heterocycles. The molecule has 5 nitrogen and oxygen atoms in total. The van der Waals surface area contributed by atoms with E-state index in [2.05, 4.69) is 5.32 Å². The summed E-state index contributed by atoms with van der Waals surface area (Å²) < 4.78 is 5.18. The molecule has 0 saturated heterocycles. The van der Waals surface area contributed by atoms with Gasteiger partial charge >= 0.3 is 0 Å². The highest BCUT2D eigenvalue weighted by atomic mass is 16.5. The van der Waals surface area contributed by atoms with E-state index in [1.54, 1.807) is 18.2 Å². The lowest BCUT2D eigenvalue weighted by atomic mass is 10.0. The third kappa shape index (κ3) is 2.81. The number of nitrogen functional groups attached to an aromatic ring is 1. The van der Waals surface area contributed by atoms with Crippen molar-refractivity contribution in [2.75, 3.05) is 19.5 Å². The van der Waals surface area contributed by atoms with Crippen LogP contribution in [-0.2, 0) is 0 Å². The number of rotatable bonds is 4. The van der Waals surface area contributed by atoms with Gasteiger partial charge in [-0.1, -0.05) is 12.5 Å². The van der Waals surface area contributed by atoms with Crippen LogP contribution in [0.1, 0.15) is 29.6 Å². The number of anilines is 1. The Morgan fingerprint density at radius 2 is 2.32 bits per heavy atom. The summed E-state index contributed by atoms with van der Waals surface area (Å²) in [6.45, 7) is 0.110. The van der Waals surface area contributed by atoms with Crippen molar-refractivity contribution in [2.45, 2.75) is 25.3 Å². The summed E-state index contributed by atoms with van der Waals surface area (Å²) in [6.07, 6.45) is 2.89. The van der Waals surface area contributed by atoms with E-state index >= 15 is 0 Å². The van der Waals surface area contributed by atoms with Crippen LogP contribution in [-0.4, -0.2) is 30.8 Å². The van der Waals surface area contributed by atoms with Crippen LogP contribution in [0.3, 0.4) is 0 Å². The third-order valence-electron chi connectivity index (χ3n) is 3.70. The zero-order valence-corrected chi connectivity index (χ0v) is 11.1. The van der Waals surface area contributed by atoms with Crippen LogP contribution in [0.2, 0.25) is 0 Å². The van der Waals surface area contributed by atoms with Gasteiger partial charge in [0.15, 0.2) is 5.75 Å². The van der Waals surface area contributed by atoms with Gasteiger partial charge in [0.2, 0.25) is 0 Å². The average molecular weight is 264 g/mol. The van der Waals surface area contributed by atoms with Crippen LogP contribution in [0, 0.1) is 5.92 Å². The number of nitrogens with two attached hydrogens (primary N) is 1. The van der Waals surface area contributed by atoms with Crippen molar-refractivity contribution in [3.63, 3.8) is 0 Å². The predicted molar refractivity (Wildman–Crippen MR) is 73.1 cm³/mol. The molecular weight excluding hydrogens is 244 g/mol. The first-order valence-corrected chi connectivity index (χ1v) is 6.51. The van der Waals surface area contributed by atoms with Crippen LogP contribution in [0.4, 0.5) is 5.69 Å². The Morgan fingerprint density at radius 3 is 3.00 bits per heavy atom. The summed E-state index contributed by atoms with van der Waals surface area (Å²) in [4.78, 5) is 12.3. The molecule has 1 aliphatic carbocycles. The highest BCUT2D eigenvalue weighted by Crippen LogP contribution is 2.28. The van der Waals surface area contributed by atoms with Gasteiger partial charge < -0.3 is 20.9 Å². The first-order valence-electron chi connectivity index (χ1n) is 6.51. The zero-order valence-electron chi connectivity index (χ0n) is 11.1. The second-order valence-corrected chi connectivity index (χ2v) is 4.88. The van der Waals surface area contributed by atoms with Crippen LogP contribution >= 0.6 is 0 Å². The van der Waals surface area contributed by atoms with Gasteiger partial charge in [-0.2, -0.15) is 0 Å². The molecule has 1 aromatic carbocycles. The smallest absolute Gasteiger partial charge is 0.255 e. The lowest BCUT2D eigenvalue weighted by molar-refractivity contribution is 0.0913. The molecule has 0 heterocycles. The highest BCUT2D eigenvalue weighted by molar-refractivity contribution is 5.98.